The highest BCUT2D eigenvalue weighted by atomic mass is 32.2. The highest BCUT2D eigenvalue weighted by Gasteiger charge is 2.25. The average Bonchev–Trinajstić information content (AvgIpc) is 2.77. The summed E-state index contributed by atoms with van der Waals surface area (Å²) < 4.78 is 4.02. The summed E-state index contributed by atoms with van der Waals surface area (Å²) >= 11 is 1.80. The smallest absolute Gasteiger partial charge is 0.261 e. The predicted octanol–water partition coefficient (Wildman–Crippen LogP) is 3.50. The van der Waals surface area contributed by atoms with E-state index in [4.69, 9.17) is 10.2 Å². The highest BCUT2D eigenvalue weighted by Crippen LogP contribution is 2.27. The van der Waals surface area contributed by atoms with Crippen molar-refractivity contribution in [2.45, 2.75) is 24.8 Å². The lowest BCUT2D eigenvalue weighted by Crippen LogP contribution is -2.45. The summed E-state index contributed by atoms with van der Waals surface area (Å²) in [6, 6.07) is 15.9. The molecule has 1 unspecified atom stereocenters. The first-order chi connectivity index (χ1) is 14.5. The normalized spacial score (nSPS) is 16.5. The summed E-state index contributed by atoms with van der Waals surface area (Å²) in [5, 5.41) is 9.60. The van der Waals surface area contributed by atoms with Crippen molar-refractivity contribution in [3.63, 3.8) is 0 Å². The van der Waals surface area contributed by atoms with Gasteiger partial charge in [0.15, 0.2) is 0 Å². The predicted molar refractivity (Wildman–Crippen MR) is 120 cm³/mol. The zero-order chi connectivity index (χ0) is 21.3. The topological polar surface area (TPSA) is 65.2 Å². The Balaban J connectivity index is 1.49. The second-order valence-electron chi connectivity index (χ2n) is 7.72. The number of fused-ring (bicyclic) bond motifs is 1. The fraction of sp³-hybridized carbons (Fsp3) is 0.348. The van der Waals surface area contributed by atoms with Crippen molar-refractivity contribution >= 4 is 22.9 Å². The standard InChI is InChI=1S/C23H25N5OS/c1-16-4-7-19(8-5-16)30-28-12-10-27(11-13-28)17(2)22-25-21-9-6-18(15-24)14-20(21)23(29)26(22)3/h4-9,14,17H,10-13H2,1-3H3. The van der Waals surface area contributed by atoms with Crippen LogP contribution in [0.2, 0.25) is 0 Å². The van der Waals surface area contributed by atoms with Gasteiger partial charge in [0.25, 0.3) is 5.56 Å². The van der Waals surface area contributed by atoms with Crippen LogP contribution in [0, 0.1) is 18.3 Å². The Morgan fingerprint density at radius 2 is 1.80 bits per heavy atom. The van der Waals surface area contributed by atoms with Gasteiger partial charge in [0.1, 0.15) is 5.82 Å². The maximum atomic E-state index is 12.9. The maximum Gasteiger partial charge on any atom is 0.261 e. The molecule has 0 radical (unpaired) electrons. The van der Waals surface area contributed by atoms with Crippen LogP contribution in [0.15, 0.2) is 52.2 Å². The van der Waals surface area contributed by atoms with Crippen LogP contribution < -0.4 is 5.56 Å². The van der Waals surface area contributed by atoms with E-state index >= 15 is 0 Å². The lowest BCUT2D eigenvalue weighted by Gasteiger charge is -2.37. The molecule has 1 aliphatic heterocycles. The van der Waals surface area contributed by atoms with E-state index in [0.29, 0.717) is 16.5 Å². The van der Waals surface area contributed by atoms with E-state index in [1.807, 2.05) is 0 Å². The molecule has 1 fully saturated rings. The van der Waals surface area contributed by atoms with Crippen LogP contribution in [0.1, 0.15) is 29.9 Å². The van der Waals surface area contributed by atoms with E-state index in [2.05, 4.69) is 53.4 Å². The lowest BCUT2D eigenvalue weighted by atomic mass is 10.1. The van der Waals surface area contributed by atoms with Gasteiger partial charge < -0.3 is 0 Å². The number of hydrogen-bond donors (Lipinski definition) is 0. The monoisotopic (exact) mass is 419 g/mol. The van der Waals surface area contributed by atoms with E-state index in [1.165, 1.54) is 10.5 Å². The van der Waals surface area contributed by atoms with Gasteiger partial charge in [0, 0.05) is 38.1 Å². The number of aromatic nitrogens is 2. The molecule has 0 N–H and O–H groups in total. The summed E-state index contributed by atoms with van der Waals surface area (Å²) in [5.41, 5.74) is 2.29. The van der Waals surface area contributed by atoms with Crippen molar-refractivity contribution in [2.75, 3.05) is 26.2 Å². The van der Waals surface area contributed by atoms with Gasteiger partial charge in [-0.15, -0.1) is 0 Å². The van der Waals surface area contributed by atoms with E-state index < -0.39 is 0 Å². The Morgan fingerprint density at radius 3 is 2.47 bits per heavy atom. The quantitative estimate of drug-likeness (QED) is 0.603. The van der Waals surface area contributed by atoms with Crippen molar-refractivity contribution in [1.29, 1.82) is 5.26 Å². The highest BCUT2D eigenvalue weighted by molar-refractivity contribution is 7.97. The van der Waals surface area contributed by atoms with Crippen LogP contribution in [0.5, 0.6) is 0 Å². The largest absolute Gasteiger partial charge is 0.298 e. The average molecular weight is 420 g/mol. The first-order valence-electron chi connectivity index (χ1n) is 10.1. The van der Waals surface area contributed by atoms with Crippen LogP contribution in [-0.4, -0.2) is 44.9 Å². The molecule has 2 heterocycles. The third-order valence-electron chi connectivity index (χ3n) is 5.69. The molecular formula is C23H25N5OS. The first-order valence-corrected chi connectivity index (χ1v) is 10.9. The first kappa shape index (κ1) is 20.6. The minimum atomic E-state index is -0.104. The van der Waals surface area contributed by atoms with Gasteiger partial charge in [0.05, 0.1) is 28.6 Å². The Kier molecular flexibility index (Phi) is 5.91. The maximum absolute atomic E-state index is 12.9. The lowest BCUT2D eigenvalue weighted by molar-refractivity contribution is 0.144. The summed E-state index contributed by atoms with van der Waals surface area (Å²) in [7, 11) is 1.77. The molecule has 3 aromatic rings. The molecule has 7 heteroatoms. The number of piperazine rings is 1. The number of benzene rings is 2. The third kappa shape index (κ3) is 4.12. The van der Waals surface area contributed by atoms with Crippen molar-refractivity contribution in [3.8, 4) is 6.07 Å². The number of nitrogens with zero attached hydrogens (tertiary/aromatic N) is 5. The van der Waals surface area contributed by atoms with Gasteiger partial charge in [-0.3, -0.25) is 14.3 Å². The molecule has 1 aromatic heterocycles. The molecule has 1 atom stereocenters. The van der Waals surface area contributed by atoms with Crippen molar-refractivity contribution in [1.82, 2.24) is 18.8 Å². The fourth-order valence-corrected chi connectivity index (χ4v) is 4.73. The molecule has 4 rings (SSSR count). The molecule has 1 aliphatic rings. The van der Waals surface area contributed by atoms with E-state index in [1.54, 1.807) is 41.8 Å². The van der Waals surface area contributed by atoms with E-state index in [-0.39, 0.29) is 11.6 Å². The fourth-order valence-electron chi connectivity index (χ4n) is 3.82. The second-order valence-corrected chi connectivity index (χ2v) is 8.89. The number of nitriles is 1. The zero-order valence-electron chi connectivity index (χ0n) is 17.5. The zero-order valence-corrected chi connectivity index (χ0v) is 18.3. The van der Waals surface area contributed by atoms with E-state index in [9.17, 15) is 4.79 Å². The molecule has 1 saturated heterocycles. The van der Waals surface area contributed by atoms with Crippen LogP contribution in [0.3, 0.4) is 0 Å². The molecule has 0 bridgehead atoms. The number of rotatable bonds is 4. The minimum absolute atomic E-state index is 0.0364. The van der Waals surface area contributed by atoms with Gasteiger partial charge in [-0.2, -0.15) is 5.26 Å². The SMILES string of the molecule is Cc1ccc(SN2CCN(C(C)c3nc4ccc(C#N)cc4c(=O)n3C)CC2)cc1. The summed E-state index contributed by atoms with van der Waals surface area (Å²) in [6.07, 6.45) is 0. The number of hydrogen-bond acceptors (Lipinski definition) is 6. The van der Waals surface area contributed by atoms with Crippen LogP contribution in [0.4, 0.5) is 0 Å². The van der Waals surface area contributed by atoms with Crippen LogP contribution >= 0.6 is 11.9 Å². The Morgan fingerprint density at radius 1 is 1.10 bits per heavy atom. The molecule has 154 valence electrons. The van der Waals surface area contributed by atoms with Gasteiger partial charge in [0.2, 0.25) is 0 Å². The van der Waals surface area contributed by atoms with Gasteiger partial charge in [-0.25, -0.2) is 9.29 Å². The van der Waals surface area contributed by atoms with Gasteiger partial charge in [-0.1, -0.05) is 17.7 Å². The second kappa shape index (κ2) is 8.60. The van der Waals surface area contributed by atoms with Crippen molar-refractivity contribution in [2.24, 2.45) is 7.05 Å². The summed E-state index contributed by atoms with van der Waals surface area (Å²) in [5.74, 6) is 0.761. The van der Waals surface area contributed by atoms with Crippen molar-refractivity contribution < 1.29 is 0 Å². The molecule has 30 heavy (non-hydrogen) atoms. The van der Waals surface area contributed by atoms with E-state index in [0.717, 1.165) is 32.0 Å². The van der Waals surface area contributed by atoms with Gasteiger partial charge in [-0.05, 0) is 56.1 Å². The molecule has 0 amide bonds. The Bertz CT molecular complexity index is 1160. The minimum Gasteiger partial charge on any atom is -0.298 e. The number of aryl methyl sites for hydroxylation is 1. The molecule has 0 aliphatic carbocycles. The van der Waals surface area contributed by atoms with Crippen LogP contribution in [0.25, 0.3) is 10.9 Å². The summed E-state index contributed by atoms with van der Waals surface area (Å²) in [6.45, 7) is 7.96. The molecule has 2 aromatic carbocycles. The molecule has 6 nitrogen and oxygen atoms in total. The van der Waals surface area contributed by atoms with Gasteiger partial charge >= 0.3 is 0 Å². The van der Waals surface area contributed by atoms with Crippen LogP contribution in [-0.2, 0) is 7.05 Å². The third-order valence-corrected chi connectivity index (χ3v) is 6.80. The summed E-state index contributed by atoms with van der Waals surface area (Å²) in [4.78, 5) is 21.3. The molecule has 0 saturated carbocycles. The molecular weight excluding hydrogens is 394 g/mol. The Hall–Kier alpha value is -2.66. The Labute approximate surface area is 180 Å². The molecule has 0 spiro atoms. The van der Waals surface area contributed by atoms with Crippen molar-refractivity contribution in [3.05, 3.63) is 69.8 Å².